The lowest BCUT2D eigenvalue weighted by Gasteiger charge is -2.00. The SMILES string of the molecule is CCCc1ccccc1.c1ccc(CCc2ccccn2)cc1.c1ccc(CCc2ccncc2)cc1. The summed E-state index contributed by atoms with van der Waals surface area (Å²) in [5, 5.41) is 0. The van der Waals surface area contributed by atoms with Gasteiger partial charge in [0.25, 0.3) is 0 Å². The highest BCUT2D eigenvalue weighted by Crippen LogP contribution is 2.06. The summed E-state index contributed by atoms with van der Waals surface area (Å²) >= 11 is 0. The lowest BCUT2D eigenvalue weighted by Crippen LogP contribution is -1.92. The van der Waals surface area contributed by atoms with Crippen molar-refractivity contribution >= 4 is 0 Å². The number of aryl methyl sites for hydroxylation is 5. The van der Waals surface area contributed by atoms with Gasteiger partial charge in [-0.3, -0.25) is 9.97 Å². The Balaban J connectivity index is 0.000000159. The van der Waals surface area contributed by atoms with Crippen LogP contribution in [0.1, 0.15) is 41.3 Å². The molecule has 0 bridgehead atoms. The topological polar surface area (TPSA) is 25.8 Å². The Hall–Kier alpha value is -4.04. The second kappa shape index (κ2) is 17.4. The molecule has 0 fully saturated rings. The van der Waals surface area contributed by atoms with Gasteiger partial charge < -0.3 is 0 Å². The number of pyridine rings is 2. The molecule has 0 radical (unpaired) electrons. The summed E-state index contributed by atoms with van der Waals surface area (Å²) in [6.45, 7) is 2.20. The fraction of sp³-hybridized carbons (Fsp3) is 0.200. The number of nitrogens with zero attached hydrogens (tertiary/aromatic N) is 2. The van der Waals surface area contributed by atoms with Gasteiger partial charge in [0.15, 0.2) is 0 Å². The first-order chi connectivity index (χ1) is 18.3. The van der Waals surface area contributed by atoms with Crippen LogP contribution in [0.3, 0.4) is 0 Å². The van der Waals surface area contributed by atoms with E-state index < -0.39 is 0 Å². The first kappa shape index (κ1) is 27.5. The largest absolute Gasteiger partial charge is 0.265 e. The van der Waals surface area contributed by atoms with Gasteiger partial charge in [0, 0.05) is 24.3 Å². The van der Waals surface area contributed by atoms with Crippen molar-refractivity contribution in [2.24, 2.45) is 0 Å². The van der Waals surface area contributed by atoms with Crippen LogP contribution in [0.5, 0.6) is 0 Å². The number of rotatable bonds is 8. The van der Waals surface area contributed by atoms with E-state index in [-0.39, 0.29) is 0 Å². The monoisotopic (exact) mass is 486 g/mol. The van der Waals surface area contributed by atoms with Crippen LogP contribution in [0, 0.1) is 0 Å². The summed E-state index contributed by atoms with van der Waals surface area (Å²) in [6.07, 6.45) is 12.3. The summed E-state index contributed by atoms with van der Waals surface area (Å²) in [5.74, 6) is 0. The Kier molecular flexibility index (Phi) is 13.0. The van der Waals surface area contributed by atoms with Crippen molar-refractivity contribution in [1.82, 2.24) is 9.97 Å². The van der Waals surface area contributed by atoms with Gasteiger partial charge in [0.1, 0.15) is 0 Å². The molecule has 0 aliphatic rings. The van der Waals surface area contributed by atoms with Gasteiger partial charge in [-0.1, -0.05) is 110 Å². The minimum absolute atomic E-state index is 1.02. The van der Waals surface area contributed by atoms with Crippen LogP contribution in [0.25, 0.3) is 0 Å². The molecule has 0 saturated heterocycles. The molecule has 5 rings (SSSR count). The Labute approximate surface area is 223 Å². The molecule has 2 heterocycles. The van der Waals surface area contributed by atoms with Gasteiger partial charge in [-0.25, -0.2) is 0 Å². The number of hydrogen-bond acceptors (Lipinski definition) is 2. The maximum Gasteiger partial charge on any atom is 0.0406 e. The zero-order valence-corrected chi connectivity index (χ0v) is 21.9. The minimum Gasteiger partial charge on any atom is -0.265 e. The van der Waals surface area contributed by atoms with Gasteiger partial charge >= 0.3 is 0 Å². The molecule has 3 aromatic carbocycles. The normalized spacial score (nSPS) is 9.86. The van der Waals surface area contributed by atoms with E-state index in [4.69, 9.17) is 0 Å². The second-order valence-electron chi connectivity index (χ2n) is 8.88. The molecule has 0 unspecified atom stereocenters. The first-order valence-corrected chi connectivity index (χ1v) is 13.2. The van der Waals surface area contributed by atoms with E-state index in [1.54, 1.807) is 0 Å². The number of benzene rings is 3. The van der Waals surface area contributed by atoms with Crippen LogP contribution in [0.15, 0.2) is 140 Å². The Morgan fingerprint density at radius 1 is 0.405 bits per heavy atom. The molecular weight excluding hydrogens is 448 g/mol. The zero-order chi connectivity index (χ0) is 25.8. The lowest BCUT2D eigenvalue weighted by atomic mass is 10.1. The molecule has 0 aliphatic heterocycles. The molecule has 0 amide bonds. The molecular formula is C35H38N2. The van der Waals surface area contributed by atoms with E-state index in [1.165, 1.54) is 35.1 Å². The van der Waals surface area contributed by atoms with E-state index in [0.717, 1.165) is 31.4 Å². The number of aromatic nitrogens is 2. The first-order valence-electron chi connectivity index (χ1n) is 13.2. The van der Waals surface area contributed by atoms with Crippen LogP contribution >= 0.6 is 0 Å². The van der Waals surface area contributed by atoms with Gasteiger partial charge in [0.2, 0.25) is 0 Å². The molecule has 0 aliphatic carbocycles. The maximum absolute atomic E-state index is 4.29. The standard InChI is InChI=1S/2C13H13N.C9H12/c1-2-6-12(7-3-1)9-10-13-8-4-5-11-14-13;1-2-4-12(5-3-1)6-7-13-8-10-14-11-9-13;1-2-6-9-7-4-3-5-8-9/h1-8,11H,9-10H2;1-5,8-11H,6-7H2;3-5,7-8H,2,6H2,1H3. The zero-order valence-electron chi connectivity index (χ0n) is 21.9. The van der Waals surface area contributed by atoms with Crippen molar-refractivity contribution in [2.75, 3.05) is 0 Å². The average molecular weight is 487 g/mol. The quantitative estimate of drug-likeness (QED) is 0.220. The summed E-state index contributed by atoms with van der Waals surface area (Å²) < 4.78 is 0. The van der Waals surface area contributed by atoms with Crippen LogP contribution < -0.4 is 0 Å². The third kappa shape index (κ3) is 12.0. The smallest absolute Gasteiger partial charge is 0.0406 e. The van der Waals surface area contributed by atoms with E-state index >= 15 is 0 Å². The second-order valence-corrected chi connectivity index (χ2v) is 8.88. The molecule has 2 aromatic heterocycles. The van der Waals surface area contributed by atoms with E-state index in [0.29, 0.717) is 0 Å². The fourth-order valence-corrected chi connectivity index (χ4v) is 3.88. The van der Waals surface area contributed by atoms with Gasteiger partial charge in [0.05, 0.1) is 0 Å². The van der Waals surface area contributed by atoms with Crippen LogP contribution in [0.4, 0.5) is 0 Å². The van der Waals surface area contributed by atoms with Crippen molar-refractivity contribution in [2.45, 2.75) is 45.4 Å². The molecule has 37 heavy (non-hydrogen) atoms. The van der Waals surface area contributed by atoms with Crippen LogP contribution in [-0.2, 0) is 32.1 Å². The molecule has 188 valence electrons. The molecule has 0 saturated carbocycles. The van der Waals surface area contributed by atoms with Crippen molar-refractivity contribution in [3.8, 4) is 0 Å². The van der Waals surface area contributed by atoms with Gasteiger partial charge in [-0.2, -0.15) is 0 Å². The van der Waals surface area contributed by atoms with Crippen molar-refractivity contribution in [3.63, 3.8) is 0 Å². The number of hydrogen-bond donors (Lipinski definition) is 0. The summed E-state index contributed by atoms with van der Waals surface area (Å²) in [6, 6.07) is 41.8. The Morgan fingerprint density at radius 3 is 1.30 bits per heavy atom. The van der Waals surface area contributed by atoms with Gasteiger partial charge in [-0.15, -0.1) is 0 Å². The Morgan fingerprint density at radius 2 is 0.838 bits per heavy atom. The highest BCUT2D eigenvalue weighted by Gasteiger charge is 1.95. The molecule has 0 N–H and O–H groups in total. The molecule has 0 atom stereocenters. The highest BCUT2D eigenvalue weighted by molar-refractivity contribution is 5.19. The minimum atomic E-state index is 1.02. The van der Waals surface area contributed by atoms with Crippen LogP contribution in [-0.4, -0.2) is 9.97 Å². The maximum atomic E-state index is 4.29. The van der Waals surface area contributed by atoms with Crippen LogP contribution in [0.2, 0.25) is 0 Å². The van der Waals surface area contributed by atoms with Crippen molar-refractivity contribution < 1.29 is 0 Å². The average Bonchev–Trinajstić information content (AvgIpc) is 2.99. The summed E-state index contributed by atoms with van der Waals surface area (Å²) in [7, 11) is 0. The summed E-state index contributed by atoms with van der Waals surface area (Å²) in [5.41, 5.74) is 6.72. The van der Waals surface area contributed by atoms with Gasteiger partial charge in [-0.05, 0) is 78.6 Å². The fourth-order valence-electron chi connectivity index (χ4n) is 3.88. The predicted octanol–water partition coefficient (Wildman–Crippen LogP) is 8.37. The highest BCUT2D eigenvalue weighted by atomic mass is 14.7. The van der Waals surface area contributed by atoms with E-state index in [9.17, 15) is 0 Å². The third-order valence-electron chi connectivity index (χ3n) is 5.91. The molecule has 2 nitrogen and oxygen atoms in total. The molecule has 2 heteroatoms. The molecule has 0 spiro atoms. The lowest BCUT2D eigenvalue weighted by molar-refractivity contribution is 0.914. The van der Waals surface area contributed by atoms with E-state index in [1.807, 2.05) is 36.8 Å². The molecule has 5 aromatic rings. The predicted molar refractivity (Wildman–Crippen MR) is 157 cm³/mol. The van der Waals surface area contributed by atoms with E-state index in [2.05, 4.69) is 120 Å². The third-order valence-corrected chi connectivity index (χ3v) is 5.91. The Bertz CT molecular complexity index is 1030. The van der Waals surface area contributed by atoms with Crippen molar-refractivity contribution in [3.05, 3.63) is 168 Å². The summed E-state index contributed by atoms with van der Waals surface area (Å²) in [4.78, 5) is 8.29. The van der Waals surface area contributed by atoms with Crippen molar-refractivity contribution in [1.29, 1.82) is 0 Å².